The Morgan fingerprint density at radius 1 is 0.814 bits per heavy atom. The van der Waals surface area contributed by atoms with Crippen molar-refractivity contribution in [1.82, 2.24) is 10.2 Å². The molecule has 43 heavy (non-hydrogen) atoms. The minimum Gasteiger partial charge on any atom is -0.355 e. The molecule has 0 fully saturated rings. The van der Waals surface area contributed by atoms with E-state index in [1.165, 1.54) is 29.2 Å². The van der Waals surface area contributed by atoms with E-state index in [9.17, 15) is 18.0 Å². The van der Waals surface area contributed by atoms with Crippen LogP contribution in [-0.2, 0) is 32.6 Å². The molecule has 1 unspecified atom stereocenters. The highest BCUT2D eigenvalue weighted by Gasteiger charge is 2.34. The van der Waals surface area contributed by atoms with E-state index in [0.717, 1.165) is 26.6 Å². The van der Waals surface area contributed by atoms with Gasteiger partial charge in [0.05, 0.1) is 10.6 Å². The van der Waals surface area contributed by atoms with Crippen LogP contribution >= 0.6 is 11.6 Å². The number of nitrogens with one attached hydrogen (secondary N) is 1. The molecule has 224 valence electrons. The smallest absolute Gasteiger partial charge is 0.264 e. The normalized spacial score (nSPS) is 11.9. The van der Waals surface area contributed by atoms with E-state index < -0.39 is 28.5 Å². The Balaban J connectivity index is 1.80. The lowest BCUT2D eigenvalue weighted by molar-refractivity contribution is -0.140. The average Bonchev–Trinajstić information content (AvgIpc) is 3.00. The number of aryl methyl sites for hydroxylation is 2. The second kappa shape index (κ2) is 14.4. The van der Waals surface area contributed by atoms with E-state index in [1.54, 1.807) is 12.1 Å². The lowest BCUT2D eigenvalue weighted by atomic mass is 10.0. The van der Waals surface area contributed by atoms with E-state index in [-0.39, 0.29) is 23.8 Å². The van der Waals surface area contributed by atoms with Gasteiger partial charge in [0.2, 0.25) is 11.8 Å². The van der Waals surface area contributed by atoms with E-state index >= 15 is 0 Å². The predicted octanol–water partition coefficient (Wildman–Crippen LogP) is 5.93. The molecule has 0 saturated carbocycles. The summed E-state index contributed by atoms with van der Waals surface area (Å²) in [7, 11) is -4.19. The lowest BCUT2D eigenvalue weighted by Gasteiger charge is -2.34. The Morgan fingerprint density at radius 2 is 1.42 bits per heavy atom. The van der Waals surface area contributed by atoms with Crippen LogP contribution in [0, 0.1) is 13.8 Å². The molecule has 4 rings (SSSR count). The summed E-state index contributed by atoms with van der Waals surface area (Å²) in [4.78, 5) is 29.4. The summed E-state index contributed by atoms with van der Waals surface area (Å²) in [5.74, 6) is -0.819. The number of halogens is 1. The minimum atomic E-state index is -4.19. The van der Waals surface area contributed by atoms with Crippen LogP contribution < -0.4 is 9.62 Å². The zero-order valence-corrected chi connectivity index (χ0v) is 26.1. The standard InChI is InChI=1S/C34H36ClN3O4S/c1-4-36-34(40)32(22-27-11-7-5-8-12-27)37(23-28-13-9-6-10-14-28)33(39)24-38(30-18-15-25(2)26(3)21-30)43(41,42)31-19-16-29(35)17-20-31/h5-21,32H,4,22-24H2,1-3H3,(H,36,40). The van der Waals surface area contributed by atoms with E-state index in [2.05, 4.69) is 5.32 Å². The fraction of sp³-hybridized carbons (Fsp3) is 0.235. The van der Waals surface area contributed by atoms with Crippen LogP contribution in [0.5, 0.6) is 0 Å². The van der Waals surface area contributed by atoms with Crippen LogP contribution in [0.2, 0.25) is 5.02 Å². The first-order valence-electron chi connectivity index (χ1n) is 14.1. The Labute approximate surface area is 259 Å². The van der Waals surface area contributed by atoms with Crippen molar-refractivity contribution in [2.45, 2.75) is 44.7 Å². The first kappa shape index (κ1) is 31.8. The molecule has 0 bridgehead atoms. The van der Waals surface area contributed by atoms with Crippen LogP contribution in [0.3, 0.4) is 0 Å². The zero-order chi connectivity index (χ0) is 31.0. The molecule has 0 heterocycles. The molecule has 0 radical (unpaired) electrons. The SMILES string of the molecule is CCNC(=O)C(Cc1ccccc1)N(Cc1ccccc1)C(=O)CN(c1ccc(C)c(C)c1)S(=O)(=O)c1ccc(Cl)cc1. The van der Waals surface area contributed by atoms with E-state index in [4.69, 9.17) is 11.6 Å². The minimum absolute atomic E-state index is 0.00194. The fourth-order valence-electron chi connectivity index (χ4n) is 4.77. The molecule has 1 N–H and O–H groups in total. The summed E-state index contributed by atoms with van der Waals surface area (Å²) < 4.78 is 29.3. The summed E-state index contributed by atoms with van der Waals surface area (Å²) in [5.41, 5.74) is 3.92. The highest BCUT2D eigenvalue weighted by molar-refractivity contribution is 7.92. The number of anilines is 1. The zero-order valence-electron chi connectivity index (χ0n) is 24.5. The van der Waals surface area contributed by atoms with Crippen LogP contribution in [-0.4, -0.2) is 44.3 Å². The Hall–Kier alpha value is -4.14. The number of sulfonamides is 1. The summed E-state index contributed by atoms with van der Waals surface area (Å²) in [6.45, 7) is 5.64. The lowest BCUT2D eigenvalue weighted by Crippen LogP contribution is -2.53. The largest absolute Gasteiger partial charge is 0.355 e. The van der Waals surface area contributed by atoms with Crippen molar-refractivity contribution in [3.8, 4) is 0 Å². The third-order valence-electron chi connectivity index (χ3n) is 7.28. The molecule has 4 aromatic carbocycles. The van der Waals surface area contributed by atoms with Gasteiger partial charge in [0.15, 0.2) is 0 Å². The van der Waals surface area contributed by atoms with Crippen molar-refractivity contribution in [3.05, 3.63) is 130 Å². The van der Waals surface area contributed by atoms with Gasteiger partial charge in [0.25, 0.3) is 10.0 Å². The number of hydrogen-bond donors (Lipinski definition) is 1. The van der Waals surface area contributed by atoms with Crippen molar-refractivity contribution >= 4 is 39.1 Å². The third-order valence-corrected chi connectivity index (χ3v) is 9.32. The van der Waals surface area contributed by atoms with Gasteiger partial charge in [-0.25, -0.2) is 8.42 Å². The highest BCUT2D eigenvalue weighted by Crippen LogP contribution is 2.27. The van der Waals surface area contributed by atoms with Gasteiger partial charge >= 0.3 is 0 Å². The fourth-order valence-corrected chi connectivity index (χ4v) is 6.30. The number of hydrogen-bond acceptors (Lipinski definition) is 4. The number of amides is 2. The molecular weight excluding hydrogens is 582 g/mol. The van der Waals surface area contributed by atoms with Crippen LogP contribution in [0.25, 0.3) is 0 Å². The van der Waals surface area contributed by atoms with Gasteiger partial charge < -0.3 is 10.2 Å². The number of rotatable bonds is 12. The van der Waals surface area contributed by atoms with Gasteiger partial charge in [-0.05, 0) is 79.4 Å². The second-order valence-corrected chi connectivity index (χ2v) is 12.6. The van der Waals surface area contributed by atoms with Gasteiger partial charge in [-0.1, -0.05) is 78.3 Å². The van der Waals surface area contributed by atoms with Crippen molar-refractivity contribution in [1.29, 1.82) is 0 Å². The number of benzene rings is 4. The number of nitrogens with zero attached hydrogens (tertiary/aromatic N) is 2. The molecule has 1 atom stereocenters. The maximum absolute atomic E-state index is 14.4. The van der Waals surface area contributed by atoms with Crippen molar-refractivity contribution < 1.29 is 18.0 Å². The van der Waals surface area contributed by atoms with Gasteiger partial charge in [-0.2, -0.15) is 0 Å². The molecule has 9 heteroatoms. The Bertz CT molecular complexity index is 1650. The first-order valence-corrected chi connectivity index (χ1v) is 15.9. The molecular formula is C34H36ClN3O4S. The Kier molecular flexibility index (Phi) is 10.6. The molecule has 0 spiro atoms. The molecule has 0 aliphatic heterocycles. The van der Waals surface area contributed by atoms with Gasteiger partial charge in [-0.3, -0.25) is 13.9 Å². The van der Waals surface area contributed by atoms with Crippen LogP contribution in [0.1, 0.15) is 29.2 Å². The van der Waals surface area contributed by atoms with Crippen molar-refractivity contribution in [2.75, 3.05) is 17.4 Å². The van der Waals surface area contributed by atoms with Gasteiger partial charge in [-0.15, -0.1) is 0 Å². The second-order valence-electron chi connectivity index (χ2n) is 10.3. The summed E-state index contributed by atoms with van der Waals surface area (Å²) in [6, 6.07) is 29.1. The predicted molar refractivity (Wildman–Crippen MR) is 172 cm³/mol. The maximum atomic E-state index is 14.4. The Morgan fingerprint density at radius 3 is 2.00 bits per heavy atom. The molecule has 4 aromatic rings. The van der Waals surface area contributed by atoms with Crippen LogP contribution in [0.4, 0.5) is 5.69 Å². The topological polar surface area (TPSA) is 86.8 Å². The summed E-state index contributed by atoms with van der Waals surface area (Å²) in [6.07, 6.45) is 0.263. The van der Waals surface area contributed by atoms with Crippen molar-refractivity contribution in [2.24, 2.45) is 0 Å². The number of carbonyl (C=O) groups is 2. The number of likely N-dealkylation sites (N-methyl/N-ethyl adjacent to an activating group) is 1. The van der Waals surface area contributed by atoms with Crippen LogP contribution in [0.15, 0.2) is 108 Å². The molecule has 7 nitrogen and oxygen atoms in total. The molecule has 0 aliphatic rings. The summed E-state index contributed by atoms with van der Waals surface area (Å²) in [5, 5.41) is 3.27. The van der Waals surface area contributed by atoms with E-state index in [1.807, 2.05) is 87.5 Å². The van der Waals surface area contributed by atoms with Crippen molar-refractivity contribution in [3.63, 3.8) is 0 Å². The van der Waals surface area contributed by atoms with Gasteiger partial charge in [0.1, 0.15) is 12.6 Å². The van der Waals surface area contributed by atoms with E-state index in [0.29, 0.717) is 17.3 Å². The summed E-state index contributed by atoms with van der Waals surface area (Å²) >= 11 is 6.05. The monoisotopic (exact) mass is 617 g/mol. The number of carbonyl (C=O) groups excluding carboxylic acids is 2. The maximum Gasteiger partial charge on any atom is 0.264 e. The average molecular weight is 618 g/mol. The first-order chi connectivity index (χ1) is 20.6. The third kappa shape index (κ3) is 8.03. The molecule has 0 saturated heterocycles. The molecule has 0 aromatic heterocycles. The highest BCUT2D eigenvalue weighted by atomic mass is 35.5. The molecule has 0 aliphatic carbocycles. The quantitative estimate of drug-likeness (QED) is 0.214. The van der Waals surface area contributed by atoms with Gasteiger partial charge in [0, 0.05) is 24.5 Å². The molecule has 2 amide bonds.